The minimum absolute atomic E-state index is 0.0643. The van der Waals surface area contributed by atoms with Gasteiger partial charge in [-0.15, -0.1) is 0 Å². The number of nitrogens with zero attached hydrogens (tertiary/aromatic N) is 3. The van der Waals surface area contributed by atoms with Crippen LogP contribution in [0.25, 0.3) is 23.0 Å². The summed E-state index contributed by atoms with van der Waals surface area (Å²) in [6.07, 6.45) is 3.83. The number of aromatic nitrogens is 2. The normalized spacial score (nSPS) is 14.7. The standard InChI is InChI=1S/C28H23N3O2S2/c1-2-30-27(32)25(35-28(30)34)17-22-18-31(23-11-7-4-8-12-23)29-26(22)21-13-15-24(16-14-21)33-19-20-9-5-3-6-10-20/h3-18H,2,19H2,1H3/b25-17-. The first-order valence-corrected chi connectivity index (χ1v) is 12.5. The maximum absolute atomic E-state index is 12.8. The summed E-state index contributed by atoms with van der Waals surface area (Å²) in [7, 11) is 0. The van der Waals surface area contributed by atoms with Crippen molar-refractivity contribution >= 4 is 40.3 Å². The highest BCUT2D eigenvalue weighted by Crippen LogP contribution is 2.35. The summed E-state index contributed by atoms with van der Waals surface area (Å²) in [5.41, 5.74) is 4.62. The van der Waals surface area contributed by atoms with Gasteiger partial charge < -0.3 is 4.74 Å². The average Bonchev–Trinajstić information content (AvgIpc) is 3.44. The number of thioether (sulfide) groups is 1. The molecule has 0 radical (unpaired) electrons. The minimum Gasteiger partial charge on any atom is -0.489 e. The van der Waals surface area contributed by atoms with Gasteiger partial charge in [-0.1, -0.05) is 72.5 Å². The summed E-state index contributed by atoms with van der Waals surface area (Å²) < 4.78 is 8.36. The quantitative estimate of drug-likeness (QED) is 0.220. The molecule has 0 bridgehead atoms. The van der Waals surface area contributed by atoms with Crippen molar-refractivity contribution in [3.05, 3.63) is 107 Å². The van der Waals surface area contributed by atoms with Gasteiger partial charge in [-0.05, 0) is 55.0 Å². The molecule has 0 N–H and O–H groups in total. The van der Waals surface area contributed by atoms with Gasteiger partial charge in [0.2, 0.25) is 0 Å². The number of amides is 1. The molecule has 0 unspecified atom stereocenters. The van der Waals surface area contributed by atoms with E-state index in [0.29, 0.717) is 22.4 Å². The van der Waals surface area contributed by atoms with Crippen molar-refractivity contribution in [3.8, 4) is 22.7 Å². The molecular formula is C28H23N3O2S2. The molecule has 174 valence electrons. The van der Waals surface area contributed by atoms with Crippen LogP contribution in [0, 0.1) is 0 Å². The van der Waals surface area contributed by atoms with E-state index in [0.717, 1.165) is 33.8 Å². The maximum Gasteiger partial charge on any atom is 0.266 e. The second-order valence-electron chi connectivity index (χ2n) is 7.94. The maximum atomic E-state index is 12.8. The first-order chi connectivity index (χ1) is 17.1. The summed E-state index contributed by atoms with van der Waals surface area (Å²) in [6.45, 7) is 2.99. The van der Waals surface area contributed by atoms with Gasteiger partial charge >= 0.3 is 0 Å². The van der Waals surface area contributed by atoms with E-state index in [1.54, 1.807) is 4.90 Å². The van der Waals surface area contributed by atoms with Gasteiger partial charge in [0, 0.05) is 23.9 Å². The Morgan fingerprint density at radius 3 is 2.31 bits per heavy atom. The van der Waals surface area contributed by atoms with Crippen LogP contribution >= 0.6 is 24.0 Å². The Balaban J connectivity index is 1.47. The largest absolute Gasteiger partial charge is 0.489 e. The third kappa shape index (κ3) is 5.06. The van der Waals surface area contributed by atoms with Crippen LogP contribution in [0.2, 0.25) is 0 Å². The molecule has 5 rings (SSSR count). The van der Waals surface area contributed by atoms with Crippen LogP contribution in [0.15, 0.2) is 96.0 Å². The van der Waals surface area contributed by atoms with E-state index in [2.05, 4.69) is 0 Å². The first kappa shape index (κ1) is 23.1. The van der Waals surface area contributed by atoms with Gasteiger partial charge in [0.05, 0.1) is 16.3 Å². The predicted octanol–water partition coefficient (Wildman–Crippen LogP) is 6.34. The Kier molecular flexibility index (Phi) is 6.79. The zero-order valence-corrected chi connectivity index (χ0v) is 20.8. The van der Waals surface area contributed by atoms with Crippen LogP contribution in [0.1, 0.15) is 18.1 Å². The molecule has 4 aromatic rings. The smallest absolute Gasteiger partial charge is 0.266 e. The minimum atomic E-state index is -0.0643. The fourth-order valence-electron chi connectivity index (χ4n) is 3.79. The number of hydrogen-bond donors (Lipinski definition) is 0. The second kappa shape index (κ2) is 10.3. The van der Waals surface area contributed by atoms with Gasteiger partial charge in [-0.3, -0.25) is 9.69 Å². The van der Waals surface area contributed by atoms with E-state index in [9.17, 15) is 4.79 Å². The molecule has 0 saturated carbocycles. The van der Waals surface area contributed by atoms with Gasteiger partial charge in [0.1, 0.15) is 16.7 Å². The highest BCUT2D eigenvalue weighted by molar-refractivity contribution is 8.26. The average molecular weight is 498 g/mol. The monoisotopic (exact) mass is 497 g/mol. The van der Waals surface area contributed by atoms with Crippen molar-refractivity contribution in [2.24, 2.45) is 0 Å². The number of ether oxygens (including phenoxy) is 1. The van der Waals surface area contributed by atoms with Gasteiger partial charge in [-0.25, -0.2) is 4.68 Å². The lowest BCUT2D eigenvalue weighted by Crippen LogP contribution is -2.27. The number of rotatable bonds is 7. The van der Waals surface area contributed by atoms with E-state index < -0.39 is 0 Å². The molecule has 2 heterocycles. The van der Waals surface area contributed by atoms with Crippen LogP contribution in [-0.4, -0.2) is 31.5 Å². The fourth-order valence-corrected chi connectivity index (χ4v) is 5.17. The Morgan fingerprint density at radius 2 is 1.66 bits per heavy atom. The number of para-hydroxylation sites is 1. The predicted molar refractivity (Wildman–Crippen MR) is 145 cm³/mol. The van der Waals surface area contributed by atoms with Crippen LogP contribution in [0.5, 0.6) is 5.75 Å². The third-order valence-electron chi connectivity index (χ3n) is 5.62. The molecule has 0 spiro atoms. The fraction of sp³-hybridized carbons (Fsp3) is 0.107. The number of likely N-dealkylation sites (N-methyl/N-ethyl adjacent to an activating group) is 1. The molecule has 7 heteroatoms. The number of hydrogen-bond acceptors (Lipinski definition) is 5. The van der Waals surface area contributed by atoms with Crippen LogP contribution < -0.4 is 4.74 Å². The molecule has 1 saturated heterocycles. The lowest BCUT2D eigenvalue weighted by molar-refractivity contribution is -0.121. The van der Waals surface area contributed by atoms with Crippen molar-refractivity contribution < 1.29 is 9.53 Å². The van der Waals surface area contributed by atoms with E-state index in [1.807, 2.05) is 109 Å². The summed E-state index contributed by atoms with van der Waals surface area (Å²) in [5, 5.41) is 4.86. The van der Waals surface area contributed by atoms with E-state index >= 15 is 0 Å². The highest BCUT2D eigenvalue weighted by atomic mass is 32.2. The molecule has 1 fully saturated rings. The van der Waals surface area contributed by atoms with Crippen LogP contribution in [0.3, 0.4) is 0 Å². The molecular weight excluding hydrogens is 474 g/mol. The highest BCUT2D eigenvalue weighted by Gasteiger charge is 2.31. The topological polar surface area (TPSA) is 47.4 Å². The molecule has 1 aliphatic heterocycles. The van der Waals surface area contributed by atoms with Gasteiger partial charge in [-0.2, -0.15) is 5.10 Å². The zero-order chi connectivity index (χ0) is 24.2. The molecule has 1 aromatic heterocycles. The molecule has 1 amide bonds. The summed E-state index contributed by atoms with van der Waals surface area (Å²) in [6, 6.07) is 27.9. The van der Waals surface area contributed by atoms with Crippen molar-refractivity contribution in [2.45, 2.75) is 13.5 Å². The first-order valence-electron chi connectivity index (χ1n) is 11.3. The number of carbonyl (C=O) groups is 1. The van der Waals surface area contributed by atoms with E-state index in [1.165, 1.54) is 11.8 Å². The summed E-state index contributed by atoms with van der Waals surface area (Å²) in [5.74, 6) is 0.719. The second-order valence-corrected chi connectivity index (χ2v) is 9.61. The molecule has 35 heavy (non-hydrogen) atoms. The van der Waals surface area contributed by atoms with Crippen molar-refractivity contribution in [2.75, 3.05) is 6.54 Å². The lowest BCUT2D eigenvalue weighted by atomic mass is 10.1. The van der Waals surface area contributed by atoms with Crippen molar-refractivity contribution in [3.63, 3.8) is 0 Å². The number of thiocarbonyl (C=S) groups is 1. The Hall–Kier alpha value is -3.68. The molecule has 3 aromatic carbocycles. The Labute approximate surface area is 214 Å². The van der Waals surface area contributed by atoms with Gasteiger partial charge in [0.25, 0.3) is 5.91 Å². The van der Waals surface area contributed by atoms with E-state index in [4.69, 9.17) is 22.1 Å². The molecule has 1 aliphatic rings. The third-order valence-corrected chi connectivity index (χ3v) is 6.99. The van der Waals surface area contributed by atoms with Crippen molar-refractivity contribution in [1.82, 2.24) is 14.7 Å². The molecule has 0 atom stereocenters. The summed E-state index contributed by atoms with van der Waals surface area (Å²) in [4.78, 5) is 15.0. The number of carbonyl (C=O) groups excluding carboxylic acids is 1. The van der Waals surface area contributed by atoms with Crippen molar-refractivity contribution in [1.29, 1.82) is 0 Å². The molecule has 0 aliphatic carbocycles. The van der Waals surface area contributed by atoms with E-state index in [-0.39, 0.29) is 5.91 Å². The number of benzene rings is 3. The van der Waals surface area contributed by atoms with Crippen LogP contribution in [-0.2, 0) is 11.4 Å². The van der Waals surface area contributed by atoms with Crippen LogP contribution in [0.4, 0.5) is 0 Å². The Morgan fingerprint density at radius 1 is 0.971 bits per heavy atom. The Bertz CT molecular complexity index is 1380. The SMILES string of the molecule is CCN1C(=O)/C(=C/c2cn(-c3ccccc3)nc2-c2ccc(OCc3ccccc3)cc2)SC1=S. The van der Waals surface area contributed by atoms with Gasteiger partial charge in [0.15, 0.2) is 0 Å². The summed E-state index contributed by atoms with van der Waals surface area (Å²) >= 11 is 6.71. The molecule has 5 nitrogen and oxygen atoms in total. The zero-order valence-electron chi connectivity index (χ0n) is 19.1. The lowest BCUT2D eigenvalue weighted by Gasteiger charge is -2.09.